The van der Waals surface area contributed by atoms with Gasteiger partial charge in [-0.3, -0.25) is 9.69 Å². The van der Waals surface area contributed by atoms with Gasteiger partial charge in [-0.15, -0.1) is 0 Å². The van der Waals surface area contributed by atoms with Gasteiger partial charge in [0.25, 0.3) is 0 Å². The molecule has 5 nitrogen and oxygen atoms in total. The zero-order valence-corrected chi connectivity index (χ0v) is 15.9. The minimum Gasteiger partial charge on any atom is -0.466 e. The van der Waals surface area contributed by atoms with Crippen LogP contribution in [0.5, 0.6) is 0 Å². The van der Waals surface area contributed by atoms with Gasteiger partial charge >= 0.3 is 5.97 Å². The van der Waals surface area contributed by atoms with Gasteiger partial charge in [0.05, 0.1) is 18.6 Å². The van der Waals surface area contributed by atoms with Crippen molar-refractivity contribution >= 4 is 5.97 Å². The van der Waals surface area contributed by atoms with Crippen LogP contribution in [0, 0.1) is 5.41 Å². The van der Waals surface area contributed by atoms with Crippen LogP contribution in [0.1, 0.15) is 38.1 Å². The standard InChI is InChI=1S/C21H29N3O2/c1-3-24-14-12-22-19(24)16-23-13-8-11-21(17-23,20(25)26-4-2)15-18-9-6-5-7-10-18/h5-7,9-10,12,14H,3-4,8,11,13,15-17H2,1-2H3/t21-/m1/s1. The van der Waals surface area contributed by atoms with Crippen LogP contribution in [0.3, 0.4) is 0 Å². The smallest absolute Gasteiger partial charge is 0.313 e. The minimum absolute atomic E-state index is 0.0626. The van der Waals surface area contributed by atoms with Crippen LogP contribution in [0.2, 0.25) is 0 Å². The number of ether oxygens (including phenoxy) is 1. The molecular weight excluding hydrogens is 326 g/mol. The Kier molecular flexibility index (Phi) is 6.09. The summed E-state index contributed by atoms with van der Waals surface area (Å²) in [6.45, 7) is 7.83. The summed E-state index contributed by atoms with van der Waals surface area (Å²) in [6, 6.07) is 10.3. The maximum atomic E-state index is 12.9. The first-order chi connectivity index (χ1) is 12.7. The van der Waals surface area contributed by atoms with Crippen molar-refractivity contribution in [1.82, 2.24) is 14.5 Å². The number of carbonyl (C=O) groups is 1. The Balaban J connectivity index is 1.80. The van der Waals surface area contributed by atoms with Gasteiger partial charge in [0.1, 0.15) is 5.82 Å². The average Bonchev–Trinajstić information content (AvgIpc) is 3.10. The molecule has 0 N–H and O–H groups in total. The molecule has 1 atom stereocenters. The lowest BCUT2D eigenvalue weighted by Gasteiger charge is -2.41. The van der Waals surface area contributed by atoms with Gasteiger partial charge in [-0.2, -0.15) is 0 Å². The van der Waals surface area contributed by atoms with Crippen LogP contribution >= 0.6 is 0 Å². The number of esters is 1. The first-order valence-electron chi connectivity index (χ1n) is 9.60. The molecule has 1 fully saturated rings. The number of aryl methyl sites for hydroxylation is 1. The van der Waals surface area contributed by atoms with Crippen LogP contribution in [0.4, 0.5) is 0 Å². The lowest BCUT2D eigenvalue weighted by molar-refractivity contribution is -0.159. The Bertz CT molecular complexity index is 713. The van der Waals surface area contributed by atoms with Gasteiger partial charge in [0.2, 0.25) is 0 Å². The Morgan fingerprint density at radius 1 is 1.27 bits per heavy atom. The van der Waals surface area contributed by atoms with Crippen molar-refractivity contribution in [1.29, 1.82) is 0 Å². The first-order valence-corrected chi connectivity index (χ1v) is 9.60. The molecule has 2 heterocycles. The number of aromatic nitrogens is 2. The second-order valence-corrected chi connectivity index (χ2v) is 7.11. The van der Waals surface area contributed by atoms with E-state index in [0.29, 0.717) is 6.61 Å². The monoisotopic (exact) mass is 355 g/mol. The summed E-state index contributed by atoms with van der Waals surface area (Å²) in [7, 11) is 0. The molecular formula is C21H29N3O2. The van der Waals surface area contributed by atoms with Crippen molar-refractivity contribution in [2.75, 3.05) is 19.7 Å². The highest BCUT2D eigenvalue weighted by molar-refractivity contribution is 5.77. The molecule has 0 amide bonds. The van der Waals surface area contributed by atoms with E-state index in [2.05, 4.69) is 33.5 Å². The summed E-state index contributed by atoms with van der Waals surface area (Å²) in [5, 5.41) is 0. The zero-order chi connectivity index (χ0) is 18.4. The summed E-state index contributed by atoms with van der Waals surface area (Å²) in [5.74, 6) is 0.999. The number of carbonyl (C=O) groups excluding carboxylic acids is 1. The zero-order valence-electron chi connectivity index (χ0n) is 15.9. The van der Waals surface area contributed by atoms with Crippen molar-refractivity contribution in [3.05, 3.63) is 54.1 Å². The normalized spacial score (nSPS) is 20.8. The summed E-state index contributed by atoms with van der Waals surface area (Å²) < 4.78 is 7.66. The average molecular weight is 355 g/mol. The highest BCUT2D eigenvalue weighted by atomic mass is 16.5. The molecule has 0 unspecified atom stereocenters. The van der Waals surface area contributed by atoms with Crippen LogP contribution < -0.4 is 0 Å². The van der Waals surface area contributed by atoms with E-state index < -0.39 is 5.41 Å². The van der Waals surface area contributed by atoms with Crippen LogP contribution in [-0.2, 0) is 29.0 Å². The molecule has 0 bridgehead atoms. The molecule has 26 heavy (non-hydrogen) atoms. The number of hydrogen-bond donors (Lipinski definition) is 0. The second kappa shape index (κ2) is 8.49. The van der Waals surface area contributed by atoms with Crippen LogP contribution in [0.25, 0.3) is 0 Å². The largest absolute Gasteiger partial charge is 0.466 e. The number of piperidine rings is 1. The van der Waals surface area contributed by atoms with Gasteiger partial charge in [-0.05, 0) is 45.2 Å². The molecule has 1 aliphatic rings. The highest BCUT2D eigenvalue weighted by Crippen LogP contribution is 2.35. The van der Waals surface area contributed by atoms with Crippen molar-refractivity contribution in [2.24, 2.45) is 5.41 Å². The van der Waals surface area contributed by atoms with Crippen molar-refractivity contribution in [2.45, 2.75) is 46.2 Å². The van der Waals surface area contributed by atoms with E-state index in [0.717, 1.165) is 51.3 Å². The highest BCUT2D eigenvalue weighted by Gasteiger charge is 2.43. The molecule has 3 rings (SSSR count). The molecule has 5 heteroatoms. The SMILES string of the molecule is CCOC(=O)[C@@]1(Cc2ccccc2)CCCN(Cc2nccn2CC)C1. The minimum atomic E-state index is -0.473. The lowest BCUT2D eigenvalue weighted by Crippen LogP contribution is -2.49. The third-order valence-corrected chi connectivity index (χ3v) is 5.26. The molecule has 2 aromatic rings. The third-order valence-electron chi connectivity index (χ3n) is 5.26. The van der Waals surface area contributed by atoms with E-state index >= 15 is 0 Å². The fourth-order valence-electron chi connectivity index (χ4n) is 4.00. The predicted molar refractivity (Wildman–Crippen MR) is 102 cm³/mol. The van der Waals surface area contributed by atoms with Gasteiger partial charge in [0.15, 0.2) is 0 Å². The van der Waals surface area contributed by atoms with E-state index in [-0.39, 0.29) is 5.97 Å². The Hall–Kier alpha value is -2.14. The van der Waals surface area contributed by atoms with E-state index in [1.54, 1.807) is 0 Å². The maximum absolute atomic E-state index is 12.9. The second-order valence-electron chi connectivity index (χ2n) is 7.11. The van der Waals surface area contributed by atoms with Gasteiger partial charge in [-0.25, -0.2) is 4.98 Å². The molecule has 0 spiro atoms. The number of benzene rings is 1. The number of likely N-dealkylation sites (tertiary alicyclic amines) is 1. The van der Waals surface area contributed by atoms with Crippen LogP contribution in [-0.4, -0.2) is 40.1 Å². The third kappa shape index (κ3) is 4.15. The van der Waals surface area contributed by atoms with Crippen molar-refractivity contribution in [3.63, 3.8) is 0 Å². The molecule has 0 saturated carbocycles. The van der Waals surface area contributed by atoms with Crippen molar-refractivity contribution in [3.8, 4) is 0 Å². The summed E-state index contributed by atoms with van der Waals surface area (Å²) in [6.07, 6.45) is 6.47. The van der Waals surface area contributed by atoms with Gasteiger partial charge in [-0.1, -0.05) is 30.3 Å². The number of imidazole rings is 1. The molecule has 1 saturated heterocycles. The van der Waals surface area contributed by atoms with Crippen LogP contribution in [0.15, 0.2) is 42.7 Å². The Morgan fingerprint density at radius 3 is 2.81 bits per heavy atom. The Labute approximate surface area is 156 Å². The maximum Gasteiger partial charge on any atom is 0.313 e. The summed E-state index contributed by atoms with van der Waals surface area (Å²) in [5.41, 5.74) is 0.719. The number of nitrogens with zero attached hydrogens (tertiary/aromatic N) is 3. The molecule has 1 aliphatic heterocycles. The predicted octanol–water partition coefficient (Wildman–Crippen LogP) is 3.29. The molecule has 0 aliphatic carbocycles. The Morgan fingerprint density at radius 2 is 2.08 bits per heavy atom. The molecule has 1 aromatic heterocycles. The van der Waals surface area contributed by atoms with Gasteiger partial charge < -0.3 is 9.30 Å². The van der Waals surface area contributed by atoms with E-state index in [9.17, 15) is 4.79 Å². The number of hydrogen-bond acceptors (Lipinski definition) is 4. The molecule has 0 radical (unpaired) electrons. The quantitative estimate of drug-likeness (QED) is 0.715. The van der Waals surface area contributed by atoms with E-state index in [1.807, 2.05) is 37.5 Å². The first kappa shape index (κ1) is 18.6. The summed E-state index contributed by atoms with van der Waals surface area (Å²) >= 11 is 0. The van der Waals surface area contributed by atoms with E-state index in [4.69, 9.17) is 4.74 Å². The summed E-state index contributed by atoms with van der Waals surface area (Å²) in [4.78, 5) is 19.8. The van der Waals surface area contributed by atoms with Gasteiger partial charge in [0, 0.05) is 25.5 Å². The number of rotatable bonds is 7. The van der Waals surface area contributed by atoms with E-state index in [1.165, 1.54) is 5.56 Å². The molecule has 140 valence electrons. The fraction of sp³-hybridized carbons (Fsp3) is 0.524. The molecule has 1 aromatic carbocycles. The van der Waals surface area contributed by atoms with Crippen molar-refractivity contribution < 1.29 is 9.53 Å². The topological polar surface area (TPSA) is 47.4 Å². The lowest BCUT2D eigenvalue weighted by atomic mass is 9.75. The fourth-order valence-corrected chi connectivity index (χ4v) is 4.00.